The van der Waals surface area contributed by atoms with E-state index >= 15 is 0 Å². The Hall–Kier alpha value is -4.36. The maximum absolute atomic E-state index is 2.38. The van der Waals surface area contributed by atoms with E-state index in [-0.39, 0.29) is 0 Å². The molecule has 0 fully saturated rings. The first-order valence-electron chi connectivity index (χ1n) is 12.7. The fourth-order valence-electron chi connectivity index (χ4n) is 5.18. The highest BCUT2D eigenvalue weighted by Gasteiger charge is 2.16. The number of rotatable bonds is 6. The molecule has 0 saturated heterocycles. The van der Waals surface area contributed by atoms with Crippen LogP contribution in [0.3, 0.4) is 0 Å². The van der Waals surface area contributed by atoms with E-state index in [1.807, 2.05) is 0 Å². The molecule has 6 rings (SSSR count). The molecule has 36 heavy (non-hydrogen) atoms. The Labute approximate surface area is 214 Å². The predicted molar refractivity (Wildman–Crippen MR) is 153 cm³/mol. The minimum Gasteiger partial charge on any atom is -0.310 e. The predicted octanol–water partition coefficient (Wildman–Crippen LogP) is 9.23. The van der Waals surface area contributed by atoms with Crippen LogP contribution in [0.4, 0.5) is 17.1 Å². The van der Waals surface area contributed by atoms with Crippen LogP contribution in [0.2, 0.25) is 0 Å². The molecule has 0 N–H and O–H groups in total. The number of fused-ring (bicyclic) bond motifs is 1. The van der Waals surface area contributed by atoms with E-state index < -0.39 is 0 Å². The Morgan fingerprint density at radius 3 is 1.67 bits per heavy atom. The van der Waals surface area contributed by atoms with Crippen LogP contribution < -0.4 is 4.90 Å². The standard InChI is InChI=1S/C35H29N/c1-4-11-29(12-5-1)35(30-13-6-2-7-14-30)25-27-19-22-33(23-20-27)36(32-17-8-3-9-18-32)34-24-21-28-15-10-16-31(28)26-34/h1-9,11-14,17-26H,10,15-16H2. The molecule has 1 heteroatoms. The Morgan fingerprint density at radius 2 is 1.03 bits per heavy atom. The summed E-state index contributed by atoms with van der Waals surface area (Å²) < 4.78 is 0. The molecule has 1 nitrogen and oxygen atoms in total. The van der Waals surface area contributed by atoms with Gasteiger partial charge in [0.1, 0.15) is 0 Å². The molecule has 5 aromatic carbocycles. The maximum atomic E-state index is 2.38. The number of nitrogens with zero attached hydrogens (tertiary/aromatic N) is 1. The fraction of sp³-hybridized carbons (Fsp3) is 0.0857. The Bertz CT molecular complexity index is 1430. The zero-order valence-electron chi connectivity index (χ0n) is 20.3. The summed E-state index contributed by atoms with van der Waals surface area (Å²) in [5.74, 6) is 0. The summed E-state index contributed by atoms with van der Waals surface area (Å²) in [7, 11) is 0. The lowest BCUT2D eigenvalue weighted by Gasteiger charge is -2.26. The van der Waals surface area contributed by atoms with Crippen molar-refractivity contribution in [2.75, 3.05) is 4.90 Å². The third kappa shape index (κ3) is 4.61. The van der Waals surface area contributed by atoms with E-state index in [1.54, 1.807) is 0 Å². The highest BCUT2D eigenvalue weighted by atomic mass is 15.1. The molecule has 0 saturated carbocycles. The van der Waals surface area contributed by atoms with Crippen molar-refractivity contribution in [3.63, 3.8) is 0 Å². The van der Waals surface area contributed by atoms with Crippen LogP contribution in [0.15, 0.2) is 133 Å². The molecule has 174 valence electrons. The minimum absolute atomic E-state index is 1.16. The number of hydrogen-bond acceptors (Lipinski definition) is 1. The van der Waals surface area contributed by atoms with E-state index in [1.165, 1.54) is 64.0 Å². The van der Waals surface area contributed by atoms with Crippen LogP contribution in [0.1, 0.15) is 34.2 Å². The average Bonchev–Trinajstić information content (AvgIpc) is 3.42. The molecule has 1 aliphatic rings. The van der Waals surface area contributed by atoms with Gasteiger partial charge in [-0.15, -0.1) is 0 Å². The third-order valence-corrected chi connectivity index (χ3v) is 6.99. The van der Waals surface area contributed by atoms with Crippen molar-refractivity contribution in [2.24, 2.45) is 0 Å². The van der Waals surface area contributed by atoms with Crippen molar-refractivity contribution in [1.29, 1.82) is 0 Å². The van der Waals surface area contributed by atoms with Crippen LogP contribution in [0, 0.1) is 0 Å². The highest BCUT2D eigenvalue weighted by Crippen LogP contribution is 2.37. The molecular formula is C35H29N. The van der Waals surface area contributed by atoms with Gasteiger partial charge in [0, 0.05) is 17.1 Å². The number of benzene rings is 5. The normalized spacial score (nSPS) is 12.1. The first kappa shape index (κ1) is 22.1. The monoisotopic (exact) mass is 463 g/mol. The lowest BCUT2D eigenvalue weighted by Crippen LogP contribution is -2.10. The first-order chi connectivity index (χ1) is 17.8. The number of hydrogen-bond donors (Lipinski definition) is 0. The quantitative estimate of drug-likeness (QED) is 0.227. The second-order valence-corrected chi connectivity index (χ2v) is 9.36. The molecule has 0 aliphatic heterocycles. The second-order valence-electron chi connectivity index (χ2n) is 9.36. The van der Waals surface area contributed by atoms with Crippen LogP contribution in [-0.4, -0.2) is 0 Å². The van der Waals surface area contributed by atoms with Crippen molar-refractivity contribution >= 4 is 28.7 Å². The van der Waals surface area contributed by atoms with Gasteiger partial charge in [-0.25, -0.2) is 0 Å². The molecule has 0 aromatic heterocycles. The number of para-hydroxylation sites is 1. The topological polar surface area (TPSA) is 3.24 Å². The summed E-state index contributed by atoms with van der Waals surface area (Å²) in [5.41, 5.74) is 11.4. The lowest BCUT2D eigenvalue weighted by molar-refractivity contribution is 0.912. The summed E-state index contributed by atoms with van der Waals surface area (Å²) in [4.78, 5) is 2.36. The van der Waals surface area contributed by atoms with Crippen LogP contribution in [-0.2, 0) is 12.8 Å². The van der Waals surface area contributed by atoms with Gasteiger partial charge in [0.25, 0.3) is 0 Å². The molecular weight excluding hydrogens is 434 g/mol. The van der Waals surface area contributed by atoms with Crippen molar-refractivity contribution in [2.45, 2.75) is 19.3 Å². The summed E-state index contributed by atoms with van der Waals surface area (Å²) in [6, 6.07) is 47.8. The Balaban J connectivity index is 1.39. The smallest absolute Gasteiger partial charge is 0.0464 e. The average molecular weight is 464 g/mol. The molecule has 0 amide bonds. The second kappa shape index (κ2) is 10.1. The van der Waals surface area contributed by atoms with Crippen LogP contribution in [0.5, 0.6) is 0 Å². The third-order valence-electron chi connectivity index (χ3n) is 6.99. The van der Waals surface area contributed by atoms with Gasteiger partial charge in [0.05, 0.1) is 0 Å². The van der Waals surface area contributed by atoms with E-state index in [9.17, 15) is 0 Å². The molecule has 0 atom stereocenters. The van der Waals surface area contributed by atoms with Crippen molar-refractivity contribution in [1.82, 2.24) is 0 Å². The Morgan fingerprint density at radius 1 is 0.500 bits per heavy atom. The number of anilines is 3. The van der Waals surface area contributed by atoms with Gasteiger partial charge in [-0.05, 0) is 95.1 Å². The van der Waals surface area contributed by atoms with E-state index in [2.05, 4.69) is 144 Å². The minimum atomic E-state index is 1.16. The molecule has 0 bridgehead atoms. The summed E-state index contributed by atoms with van der Waals surface area (Å²) in [5, 5.41) is 0. The van der Waals surface area contributed by atoms with Gasteiger partial charge in [-0.3, -0.25) is 0 Å². The van der Waals surface area contributed by atoms with Crippen LogP contribution >= 0.6 is 0 Å². The molecule has 0 unspecified atom stereocenters. The van der Waals surface area contributed by atoms with E-state index in [0.717, 1.165) is 5.69 Å². The number of aryl methyl sites for hydroxylation is 2. The first-order valence-corrected chi connectivity index (χ1v) is 12.7. The molecule has 1 aliphatic carbocycles. The summed E-state index contributed by atoms with van der Waals surface area (Å²) in [6.07, 6.45) is 5.93. The molecule has 0 spiro atoms. The summed E-state index contributed by atoms with van der Waals surface area (Å²) >= 11 is 0. The van der Waals surface area contributed by atoms with Crippen molar-refractivity contribution in [3.8, 4) is 0 Å². The van der Waals surface area contributed by atoms with E-state index in [4.69, 9.17) is 0 Å². The fourth-order valence-corrected chi connectivity index (χ4v) is 5.18. The lowest BCUT2D eigenvalue weighted by atomic mass is 9.95. The highest BCUT2D eigenvalue weighted by molar-refractivity contribution is 5.91. The summed E-state index contributed by atoms with van der Waals surface area (Å²) in [6.45, 7) is 0. The van der Waals surface area contributed by atoms with Gasteiger partial charge in [-0.1, -0.05) is 97.1 Å². The van der Waals surface area contributed by atoms with Crippen LogP contribution in [0.25, 0.3) is 11.6 Å². The van der Waals surface area contributed by atoms with Gasteiger partial charge in [-0.2, -0.15) is 0 Å². The van der Waals surface area contributed by atoms with Gasteiger partial charge in [0.2, 0.25) is 0 Å². The van der Waals surface area contributed by atoms with Crippen molar-refractivity contribution < 1.29 is 0 Å². The van der Waals surface area contributed by atoms with Gasteiger partial charge < -0.3 is 4.90 Å². The largest absolute Gasteiger partial charge is 0.310 e. The maximum Gasteiger partial charge on any atom is 0.0464 e. The molecule has 0 heterocycles. The SMILES string of the molecule is C(=C(c1ccccc1)c1ccccc1)c1ccc(N(c2ccccc2)c2ccc3c(c2)CCC3)cc1. The van der Waals surface area contributed by atoms with Gasteiger partial charge >= 0.3 is 0 Å². The molecule has 0 radical (unpaired) electrons. The zero-order valence-corrected chi connectivity index (χ0v) is 20.3. The van der Waals surface area contributed by atoms with Crippen molar-refractivity contribution in [3.05, 3.63) is 161 Å². The molecule has 5 aromatic rings. The Kier molecular flexibility index (Phi) is 6.20. The van der Waals surface area contributed by atoms with E-state index in [0.29, 0.717) is 0 Å². The zero-order chi connectivity index (χ0) is 24.2. The van der Waals surface area contributed by atoms with Gasteiger partial charge in [0.15, 0.2) is 0 Å².